The van der Waals surface area contributed by atoms with Crippen LogP contribution in [-0.4, -0.2) is 35.1 Å². The summed E-state index contributed by atoms with van der Waals surface area (Å²) in [6.07, 6.45) is 2.40. The van der Waals surface area contributed by atoms with Gasteiger partial charge < -0.3 is 10.0 Å². The van der Waals surface area contributed by atoms with Gasteiger partial charge in [0.25, 0.3) is 0 Å². The molecule has 2 fully saturated rings. The second kappa shape index (κ2) is 5.61. The van der Waals surface area contributed by atoms with Crippen LogP contribution in [0.15, 0.2) is 18.2 Å². The fraction of sp³-hybridized carbons (Fsp3) is 0.588. The van der Waals surface area contributed by atoms with Gasteiger partial charge in [-0.25, -0.2) is 8.78 Å². The van der Waals surface area contributed by atoms with Gasteiger partial charge in [-0.2, -0.15) is 0 Å². The molecule has 1 N–H and O–H groups in total. The monoisotopic (exact) mass is 309 g/mol. The van der Waals surface area contributed by atoms with Gasteiger partial charge in [0.2, 0.25) is 5.91 Å². The predicted octanol–water partition coefficient (Wildman–Crippen LogP) is 2.62. The summed E-state index contributed by atoms with van der Waals surface area (Å²) in [4.78, 5) is 14.7. The zero-order chi connectivity index (χ0) is 15.9. The molecule has 1 heterocycles. The third-order valence-electron chi connectivity index (χ3n) is 5.26. The Morgan fingerprint density at radius 3 is 2.64 bits per heavy atom. The number of amides is 1. The summed E-state index contributed by atoms with van der Waals surface area (Å²) in [5.41, 5.74) is -0.531. The molecule has 3 nitrogen and oxygen atoms in total. The second-order valence-electron chi connectivity index (χ2n) is 6.60. The van der Waals surface area contributed by atoms with Crippen molar-refractivity contribution in [3.05, 3.63) is 35.4 Å². The minimum atomic E-state index is -0.842. The Kier molecular flexibility index (Phi) is 3.93. The largest absolute Gasteiger partial charge is 0.393 e. The Bertz CT molecular complexity index is 584. The van der Waals surface area contributed by atoms with Gasteiger partial charge in [-0.05, 0) is 32.3 Å². The number of aliphatic hydroxyl groups excluding tert-OH is 1. The zero-order valence-electron chi connectivity index (χ0n) is 12.7. The van der Waals surface area contributed by atoms with E-state index < -0.39 is 23.2 Å². The quantitative estimate of drug-likeness (QED) is 0.932. The summed E-state index contributed by atoms with van der Waals surface area (Å²) in [5.74, 6) is -1.26. The van der Waals surface area contributed by atoms with Gasteiger partial charge in [-0.3, -0.25) is 4.79 Å². The Balaban J connectivity index is 1.86. The number of hydrogen-bond donors (Lipinski definition) is 1. The predicted molar refractivity (Wildman–Crippen MR) is 78.3 cm³/mol. The highest BCUT2D eigenvalue weighted by molar-refractivity contribution is 5.89. The van der Waals surface area contributed by atoms with Gasteiger partial charge in [0.05, 0.1) is 11.5 Å². The molecule has 2 unspecified atom stereocenters. The highest BCUT2D eigenvalue weighted by Gasteiger charge is 2.50. The molecule has 1 amide bonds. The first-order valence-corrected chi connectivity index (χ1v) is 7.87. The summed E-state index contributed by atoms with van der Waals surface area (Å²) in [5, 5.41) is 9.68. The normalized spacial score (nSPS) is 24.9. The molecule has 0 bridgehead atoms. The third-order valence-corrected chi connectivity index (χ3v) is 5.26. The minimum absolute atomic E-state index is 0.0765. The van der Waals surface area contributed by atoms with Gasteiger partial charge in [-0.15, -0.1) is 0 Å². The van der Waals surface area contributed by atoms with Crippen molar-refractivity contribution in [3.63, 3.8) is 0 Å². The van der Waals surface area contributed by atoms with Crippen LogP contribution in [0.5, 0.6) is 0 Å². The smallest absolute Gasteiger partial charge is 0.233 e. The van der Waals surface area contributed by atoms with E-state index in [1.54, 1.807) is 11.8 Å². The minimum Gasteiger partial charge on any atom is -0.393 e. The number of carbonyl (C=O) groups excluding carboxylic acids is 1. The lowest BCUT2D eigenvalue weighted by molar-refractivity contribution is -0.140. The number of hydrogen-bond acceptors (Lipinski definition) is 2. The molecule has 1 aromatic carbocycles. The third kappa shape index (κ3) is 2.41. The van der Waals surface area contributed by atoms with E-state index in [-0.39, 0.29) is 11.8 Å². The number of aliphatic hydroxyl groups is 1. The van der Waals surface area contributed by atoms with Crippen molar-refractivity contribution in [1.29, 1.82) is 0 Å². The van der Waals surface area contributed by atoms with Crippen molar-refractivity contribution >= 4 is 5.91 Å². The average molecular weight is 309 g/mol. The Hall–Kier alpha value is -1.49. The lowest BCUT2D eigenvalue weighted by atomic mass is 9.63. The number of rotatable bonds is 3. The van der Waals surface area contributed by atoms with Crippen LogP contribution in [0.25, 0.3) is 0 Å². The number of carbonyl (C=O) groups is 1. The van der Waals surface area contributed by atoms with E-state index in [0.29, 0.717) is 31.5 Å². The Morgan fingerprint density at radius 2 is 2.14 bits per heavy atom. The fourth-order valence-corrected chi connectivity index (χ4v) is 3.67. The molecule has 5 heteroatoms. The Labute approximate surface area is 128 Å². The molecule has 2 aliphatic rings. The van der Waals surface area contributed by atoms with Gasteiger partial charge in [-0.1, -0.05) is 12.5 Å². The molecule has 0 spiro atoms. The zero-order valence-corrected chi connectivity index (χ0v) is 12.7. The van der Waals surface area contributed by atoms with E-state index in [2.05, 4.69) is 0 Å². The molecule has 1 saturated heterocycles. The molecule has 2 atom stereocenters. The van der Waals surface area contributed by atoms with Crippen LogP contribution in [-0.2, 0) is 10.2 Å². The van der Waals surface area contributed by atoms with E-state index in [9.17, 15) is 18.7 Å². The lowest BCUT2D eigenvalue weighted by Gasteiger charge is -2.43. The number of likely N-dealkylation sites (tertiary alicyclic amines) is 1. The molecule has 22 heavy (non-hydrogen) atoms. The van der Waals surface area contributed by atoms with Gasteiger partial charge in [0.15, 0.2) is 0 Å². The van der Waals surface area contributed by atoms with E-state index in [1.165, 1.54) is 12.1 Å². The van der Waals surface area contributed by atoms with E-state index in [1.807, 2.05) is 0 Å². The number of nitrogens with zero attached hydrogens (tertiary/aromatic N) is 1. The van der Waals surface area contributed by atoms with E-state index in [4.69, 9.17) is 0 Å². The van der Waals surface area contributed by atoms with Crippen molar-refractivity contribution in [2.75, 3.05) is 13.1 Å². The highest BCUT2D eigenvalue weighted by Crippen LogP contribution is 2.47. The number of benzene rings is 1. The van der Waals surface area contributed by atoms with Crippen LogP contribution in [0, 0.1) is 17.6 Å². The lowest BCUT2D eigenvalue weighted by Crippen LogP contribution is -2.51. The Morgan fingerprint density at radius 1 is 1.41 bits per heavy atom. The van der Waals surface area contributed by atoms with Crippen LogP contribution in [0.1, 0.15) is 38.2 Å². The van der Waals surface area contributed by atoms with Gasteiger partial charge in [0, 0.05) is 30.6 Å². The molecule has 1 saturated carbocycles. The van der Waals surface area contributed by atoms with Crippen LogP contribution in [0.2, 0.25) is 0 Å². The first kappa shape index (κ1) is 15.4. The van der Waals surface area contributed by atoms with E-state index in [0.717, 1.165) is 18.9 Å². The molecular formula is C17H21F2NO2. The van der Waals surface area contributed by atoms with Crippen LogP contribution >= 0.6 is 0 Å². The highest BCUT2D eigenvalue weighted by atomic mass is 19.1. The maximum Gasteiger partial charge on any atom is 0.233 e. The molecule has 1 aliphatic heterocycles. The standard InChI is InChI=1S/C17H21F2NO2/c1-11(21)12-5-8-20(10-12)16(22)17(6-2-7-17)14-4-3-13(18)9-15(14)19/h3-4,9,11-12,21H,2,5-8,10H2,1H3. The van der Waals surface area contributed by atoms with Crippen molar-refractivity contribution < 1.29 is 18.7 Å². The van der Waals surface area contributed by atoms with Gasteiger partial charge >= 0.3 is 0 Å². The maximum absolute atomic E-state index is 14.2. The summed E-state index contributed by atoms with van der Waals surface area (Å²) < 4.78 is 27.3. The van der Waals surface area contributed by atoms with Crippen molar-refractivity contribution in [2.24, 2.45) is 5.92 Å². The van der Waals surface area contributed by atoms with Crippen molar-refractivity contribution in [3.8, 4) is 0 Å². The molecule has 3 rings (SSSR count). The summed E-state index contributed by atoms with van der Waals surface area (Å²) >= 11 is 0. The fourth-order valence-electron chi connectivity index (χ4n) is 3.67. The van der Waals surface area contributed by atoms with Gasteiger partial charge in [0.1, 0.15) is 11.6 Å². The molecule has 0 aromatic heterocycles. The summed E-state index contributed by atoms with van der Waals surface area (Å²) in [7, 11) is 0. The molecule has 120 valence electrons. The molecular weight excluding hydrogens is 288 g/mol. The number of halogens is 2. The molecule has 0 radical (unpaired) electrons. The first-order chi connectivity index (χ1) is 10.4. The van der Waals surface area contributed by atoms with Crippen LogP contribution in [0.4, 0.5) is 8.78 Å². The summed E-state index contributed by atoms with van der Waals surface area (Å²) in [6, 6.07) is 3.48. The summed E-state index contributed by atoms with van der Waals surface area (Å²) in [6.45, 7) is 2.84. The first-order valence-electron chi connectivity index (χ1n) is 7.87. The van der Waals surface area contributed by atoms with Crippen LogP contribution < -0.4 is 0 Å². The molecule has 1 aromatic rings. The van der Waals surface area contributed by atoms with Crippen molar-refractivity contribution in [1.82, 2.24) is 4.90 Å². The average Bonchev–Trinajstić information content (AvgIpc) is 2.89. The maximum atomic E-state index is 14.2. The molecule has 1 aliphatic carbocycles. The second-order valence-corrected chi connectivity index (χ2v) is 6.60. The SMILES string of the molecule is CC(O)C1CCN(C(=O)C2(c3ccc(F)cc3F)CCC2)C1. The van der Waals surface area contributed by atoms with Crippen molar-refractivity contribution in [2.45, 2.75) is 44.1 Å². The van der Waals surface area contributed by atoms with Crippen LogP contribution in [0.3, 0.4) is 0 Å². The topological polar surface area (TPSA) is 40.5 Å². The van der Waals surface area contributed by atoms with E-state index >= 15 is 0 Å².